The zero-order valence-electron chi connectivity index (χ0n) is 12.8. The Morgan fingerprint density at radius 2 is 1.95 bits per heavy atom. The van der Waals surface area contributed by atoms with Crippen LogP contribution in [0.5, 0.6) is 0 Å². The smallest absolute Gasteiger partial charge is 0.268 e. The van der Waals surface area contributed by atoms with Crippen LogP contribution in [-0.2, 0) is 4.79 Å². The van der Waals surface area contributed by atoms with Crippen LogP contribution in [0.15, 0.2) is 0 Å². The molecule has 0 unspecified atom stereocenters. The van der Waals surface area contributed by atoms with Gasteiger partial charge in [-0.05, 0) is 19.8 Å². The lowest BCUT2D eigenvalue weighted by molar-refractivity contribution is -0.118. The summed E-state index contributed by atoms with van der Waals surface area (Å²) in [5.41, 5.74) is 11.0. The fraction of sp³-hybridized carbons (Fsp3) is 0.615. The molecule has 21 heavy (non-hydrogen) atoms. The van der Waals surface area contributed by atoms with Crippen molar-refractivity contribution in [3.8, 4) is 0 Å². The van der Waals surface area contributed by atoms with E-state index in [1.165, 1.54) is 16.2 Å². The van der Waals surface area contributed by atoms with E-state index in [2.05, 4.69) is 10.3 Å². The molecule has 0 radical (unpaired) electrons. The molecular formula is C13H23N5O2S. The van der Waals surface area contributed by atoms with Crippen LogP contribution in [0.4, 0.5) is 10.9 Å². The molecule has 0 fully saturated rings. The molecule has 0 atom stereocenters. The minimum absolute atomic E-state index is 0.124. The number of amides is 2. The summed E-state index contributed by atoms with van der Waals surface area (Å²) >= 11 is 1.19. The molecule has 0 saturated heterocycles. The SMILES string of the molecule is CC(C)CN(CC(N)=O)C(=O)c1sc(NC(C)C)nc1N. The lowest BCUT2D eigenvalue weighted by Crippen LogP contribution is -2.40. The number of nitrogens with one attached hydrogen (secondary N) is 1. The van der Waals surface area contributed by atoms with Gasteiger partial charge in [-0.1, -0.05) is 25.2 Å². The van der Waals surface area contributed by atoms with Gasteiger partial charge in [-0.2, -0.15) is 0 Å². The summed E-state index contributed by atoms with van der Waals surface area (Å²) in [6.45, 7) is 8.17. The average Bonchev–Trinajstić information content (AvgIpc) is 2.66. The lowest BCUT2D eigenvalue weighted by Gasteiger charge is -2.22. The number of primary amides is 1. The highest BCUT2D eigenvalue weighted by Crippen LogP contribution is 2.27. The summed E-state index contributed by atoms with van der Waals surface area (Å²) < 4.78 is 0. The highest BCUT2D eigenvalue weighted by atomic mass is 32.1. The standard InChI is InChI=1S/C13H23N5O2S/c1-7(2)5-18(6-9(14)19)12(20)10-11(15)17-13(21-10)16-8(3)4/h7-8H,5-6,15H2,1-4H3,(H2,14,19)(H,16,17). The van der Waals surface area contributed by atoms with Crippen molar-refractivity contribution in [2.24, 2.45) is 11.7 Å². The van der Waals surface area contributed by atoms with E-state index >= 15 is 0 Å². The molecule has 2 amide bonds. The summed E-state index contributed by atoms with van der Waals surface area (Å²) in [4.78, 5) is 29.5. The molecule has 118 valence electrons. The van der Waals surface area contributed by atoms with Gasteiger partial charge < -0.3 is 21.7 Å². The monoisotopic (exact) mass is 313 g/mol. The Labute approximate surface area is 128 Å². The number of nitrogens with two attached hydrogens (primary N) is 2. The van der Waals surface area contributed by atoms with Crippen molar-refractivity contribution in [1.29, 1.82) is 0 Å². The minimum Gasteiger partial charge on any atom is -0.382 e. The van der Waals surface area contributed by atoms with Crippen LogP contribution in [0.1, 0.15) is 37.4 Å². The van der Waals surface area contributed by atoms with E-state index in [9.17, 15) is 9.59 Å². The zero-order chi connectivity index (χ0) is 16.2. The van der Waals surface area contributed by atoms with Crippen LogP contribution >= 0.6 is 11.3 Å². The van der Waals surface area contributed by atoms with E-state index < -0.39 is 5.91 Å². The number of aromatic nitrogens is 1. The summed E-state index contributed by atoms with van der Waals surface area (Å²) in [6, 6.07) is 0.191. The number of nitrogens with zero attached hydrogens (tertiary/aromatic N) is 2. The van der Waals surface area contributed by atoms with E-state index in [-0.39, 0.29) is 30.2 Å². The topological polar surface area (TPSA) is 114 Å². The Bertz CT molecular complexity index is 513. The molecule has 0 aliphatic heterocycles. The molecule has 0 saturated carbocycles. The molecule has 0 aromatic carbocycles. The first-order valence-electron chi connectivity index (χ1n) is 6.81. The molecule has 0 aliphatic carbocycles. The summed E-state index contributed by atoms with van der Waals surface area (Å²) in [7, 11) is 0. The lowest BCUT2D eigenvalue weighted by atomic mass is 10.2. The van der Waals surface area contributed by atoms with Crippen LogP contribution in [0.25, 0.3) is 0 Å². The van der Waals surface area contributed by atoms with E-state index in [0.29, 0.717) is 16.6 Å². The largest absolute Gasteiger partial charge is 0.382 e. The maximum Gasteiger partial charge on any atom is 0.268 e. The van der Waals surface area contributed by atoms with E-state index in [1.54, 1.807) is 0 Å². The van der Waals surface area contributed by atoms with Gasteiger partial charge in [-0.25, -0.2) is 4.98 Å². The Balaban J connectivity index is 2.97. The van der Waals surface area contributed by atoms with Crippen molar-refractivity contribution in [3.05, 3.63) is 4.88 Å². The molecule has 1 aromatic rings. The van der Waals surface area contributed by atoms with Crippen molar-refractivity contribution in [3.63, 3.8) is 0 Å². The molecule has 0 bridgehead atoms. The third-order valence-electron chi connectivity index (χ3n) is 2.48. The molecular weight excluding hydrogens is 290 g/mol. The van der Waals surface area contributed by atoms with E-state index in [0.717, 1.165) is 0 Å². The molecule has 7 nitrogen and oxygen atoms in total. The van der Waals surface area contributed by atoms with Crippen molar-refractivity contribution in [2.45, 2.75) is 33.7 Å². The predicted octanol–water partition coefficient (Wildman–Crippen LogP) is 1.13. The van der Waals surface area contributed by atoms with Crippen LogP contribution in [0, 0.1) is 5.92 Å². The molecule has 1 aromatic heterocycles. The normalized spacial score (nSPS) is 11.0. The van der Waals surface area contributed by atoms with Gasteiger partial charge in [-0.15, -0.1) is 0 Å². The minimum atomic E-state index is -0.549. The fourth-order valence-electron chi connectivity index (χ4n) is 1.79. The fourth-order valence-corrected chi connectivity index (χ4v) is 2.78. The Morgan fingerprint density at radius 3 is 2.43 bits per heavy atom. The quantitative estimate of drug-likeness (QED) is 0.698. The van der Waals surface area contributed by atoms with Gasteiger partial charge in [0.25, 0.3) is 5.91 Å². The predicted molar refractivity (Wildman–Crippen MR) is 85.2 cm³/mol. The van der Waals surface area contributed by atoms with Crippen molar-refractivity contribution >= 4 is 34.1 Å². The van der Waals surface area contributed by atoms with Gasteiger partial charge >= 0.3 is 0 Å². The summed E-state index contributed by atoms with van der Waals surface area (Å²) in [6.07, 6.45) is 0. The number of anilines is 2. The van der Waals surface area contributed by atoms with Gasteiger partial charge in [0.2, 0.25) is 5.91 Å². The number of nitrogen functional groups attached to an aromatic ring is 1. The maximum absolute atomic E-state index is 12.5. The second-order valence-electron chi connectivity index (χ2n) is 5.58. The van der Waals surface area contributed by atoms with Crippen LogP contribution < -0.4 is 16.8 Å². The highest BCUT2D eigenvalue weighted by Gasteiger charge is 2.24. The van der Waals surface area contributed by atoms with Gasteiger partial charge in [0.05, 0.1) is 6.54 Å². The Hall–Kier alpha value is -1.83. The molecule has 1 rings (SSSR count). The number of hydrogen-bond acceptors (Lipinski definition) is 6. The molecule has 0 aliphatic rings. The second-order valence-corrected chi connectivity index (χ2v) is 6.58. The first-order valence-corrected chi connectivity index (χ1v) is 7.62. The number of thiazole rings is 1. The first kappa shape index (κ1) is 17.2. The van der Waals surface area contributed by atoms with Crippen molar-refractivity contribution < 1.29 is 9.59 Å². The van der Waals surface area contributed by atoms with Crippen LogP contribution in [0.3, 0.4) is 0 Å². The Kier molecular flexibility index (Phi) is 5.95. The van der Waals surface area contributed by atoms with Gasteiger partial charge in [-0.3, -0.25) is 9.59 Å². The number of carbonyl (C=O) groups is 2. The van der Waals surface area contributed by atoms with E-state index in [1.807, 2.05) is 27.7 Å². The van der Waals surface area contributed by atoms with Gasteiger partial charge in [0.15, 0.2) is 5.13 Å². The van der Waals surface area contributed by atoms with Crippen molar-refractivity contribution in [2.75, 3.05) is 24.1 Å². The van der Waals surface area contributed by atoms with Gasteiger partial charge in [0.1, 0.15) is 10.7 Å². The van der Waals surface area contributed by atoms with Crippen molar-refractivity contribution in [1.82, 2.24) is 9.88 Å². The molecule has 5 N–H and O–H groups in total. The van der Waals surface area contributed by atoms with E-state index in [4.69, 9.17) is 11.5 Å². The average molecular weight is 313 g/mol. The molecule has 1 heterocycles. The van der Waals surface area contributed by atoms with Crippen LogP contribution in [-0.4, -0.2) is 40.8 Å². The molecule has 8 heteroatoms. The number of rotatable bonds is 7. The number of hydrogen-bond donors (Lipinski definition) is 3. The Morgan fingerprint density at radius 1 is 1.33 bits per heavy atom. The first-order chi connectivity index (χ1) is 9.70. The summed E-state index contributed by atoms with van der Waals surface area (Å²) in [5, 5.41) is 3.70. The second kappa shape index (κ2) is 7.26. The maximum atomic E-state index is 12.5. The number of carbonyl (C=O) groups excluding carboxylic acids is 2. The van der Waals surface area contributed by atoms with Gasteiger partial charge in [0, 0.05) is 12.6 Å². The highest BCUT2D eigenvalue weighted by molar-refractivity contribution is 7.18. The van der Waals surface area contributed by atoms with Crippen LogP contribution in [0.2, 0.25) is 0 Å². The zero-order valence-corrected chi connectivity index (χ0v) is 13.7. The summed E-state index contributed by atoms with van der Waals surface area (Å²) in [5.74, 6) is -0.469. The third kappa shape index (κ3) is 5.22. The molecule has 0 spiro atoms. The third-order valence-corrected chi connectivity index (χ3v) is 3.47.